The first-order valence-electron chi connectivity index (χ1n) is 6.92. The van der Waals surface area contributed by atoms with Crippen molar-refractivity contribution in [3.8, 4) is 11.5 Å². The second kappa shape index (κ2) is 6.18. The van der Waals surface area contributed by atoms with Gasteiger partial charge in [0.15, 0.2) is 0 Å². The van der Waals surface area contributed by atoms with Crippen LogP contribution in [0.5, 0.6) is 0 Å². The maximum absolute atomic E-state index is 12.0. The van der Waals surface area contributed by atoms with E-state index in [1.807, 2.05) is 25.1 Å². The van der Waals surface area contributed by atoms with Crippen molar-refractivity contribution in [3.05, 3.63) is 70.7 Å². The summed E-state index contributed by atoms with van der Waals surface area (Å²) in [6.07, 6.45) is 0. The van der Waals surface area contributed by atoms with E-state index >= 15 is 0 Å². The van der Waals surface area contributed by atoms with Crippen LogP contribution < -0.4 is 16.6 Å². The predicted molar refractivity (Wildman–Crippen MR) is 84.9 cm³/mol. The average Bonchev–Trinajstić information content (AvgIpc) is 2.97. The first kappa shape index (κ1) is 14.6. The highest BCUT2D eigenvalue weighted by molar-refractivity contribution is 5.77. The maximum Gasteiger partial charge on any atom is 0.446 e. The van der Waals surface area contributed by atoms with Crippen molar-refractivity contribution in [3.63, 3.8) is 0 Å². The second-order valence-corrected chi connectivity index (χ2v) is 4.87. The minimum absolute atomic E-state index is 0.0843. The van der Waals surface area contributed by atoms with Crippen LogP contribution in [0, 0.1) is 6.92 Å². The highest BCUT2D eigenvalue weighted by Crippen LogP contribution is 2.13. The Labute approximate surface area is 131 Å². The Bertz CT molecular complexity index is 866. The molecule has 3 rings (SSSR count). The molecule has 3 aromatic rings. The number of nitrogens with zero attached hydrogens (tertiary/aromatic N) is 2. The lowest BCUT2D eigenvalue weighted by molar-refractivity contribution is 0.239. The van der Waals surface area contributed by atoms with Gasteiger partial charge in [0.25, 0.3) is 0 Å². The van der Waals surface area contributed by atoms with E-state index in [1.165, 1.54) is 0 Å². The third-order valence-corrected chi connectivity index (χ3v) is 3.13. The highest BCUT2D eigenvalue weighted by atomic mass is 16.4. The molecule has 0 bridgehead atoms. The van der Waals surface area contributed by atoms with Crippen molar-refractivity contribution < 1.29 is 9.21 Å². The van der Waals surface area contributed by atoms with Crippen LogP contribution in [0.1, 0.15) is 5.56 Å². The van der Waals surface area contributed by atoms with Crippen molar-refractivity contribution >= 4 is 11.7 Å². The van der Waals surface area contributed by atoms with E-state index in [4.69, 9.17) is 4.42 Å². The molecule has 0 spiro atoms. The van der Waals surface area contributed by atoms with Crippen LogP contribution in [0.25, 0.3) is 11.5 Å². The zero-order chi connectivity index (χ0) is 16.2. The minimum atomic E-state index is -0.855. The third kappa shape index (κ3) is 3.29. The van der Waals surface area contributed by atoms with Gasteiger partial charge in [0.2, 0.25) is 5.89 Å². The zero-order valence-electron chi connectivity index (χ0n) is 12.3. The van der Waals surface area contributed by atoms with E-state index in [0.717, 1.165) is 5.56 Å². The molecule has 116 valence electrons. The summed E-state index contributed by atoms with van der Waals surface area (Å²) in [5, 5.41) is 3.89. The van der Waals surface area contributed by atoms with Gasteiger partial charge in [0, 0.05) is 5.56 Å². The molecule has 0 unspecified atom stereocenters. The number of hydrazine groups is 1. The van der Waals surface area contributed by atoms with Gasteiger partial charge in [-0.2, -0.15) is 0 Å². The number of aryl methyl sites for hydroxylation is 1. The molecule has 0 aliphatic carbocycles. The first-order chi connectivity index (χ1) is 11.1. The molecular formula is C16H14N4O3. The number of aromatic nitrogens is 2. The summed E-state index contributed by atoms with van der Waals surface area (Å²) in [5.41, 5.74) is 7.49. The van der Waals surface area contributed by atoms with E-state index in [-0.39, 0.29) is 5.89 Å². The predicted octanol–water partition coefficient (Wildman–Crippen LogP) is 2.40. The number of carbonyl (C=O) groups excluding carboxylic acids is 1. The van der Waals surface area contributed by atoms with Gasteiger partial charge < -0.3 is 4.42 Å². The lowest BCUT2D eigenvalue weighted by atomic mass is 10.2. The summed E-state index contributed by atoms with van der Waals surface area (Å²) in [7, 11) is 0. The number of hydrogen-bond donors (Lipinski definition) is 2. The fourth-order valence-corrected chi connectivity index (χ4v) is 1.92. The van der Waals surface area contributed by atoms with Crippen LogP contribution in [0.3, 0.4) is 0 Å². The van der Waals surface area contributed by atoms with Gasteiger partial charge in [0.05, 0.1) is 5.69 Å². The molecule has 1 amide bonds. The summed E-state index contributed by atoms with van der Waals surface area (Å²) in [6, 6.07) is 15.5. The lowest BCUT2D eigenvalue weighted by Crippen LogP contribution is -2.38. The van der Waals surface area contributed by atoms with Gasteiger partial charge >= 0.3 is 11.8 Å². The Hall–Kier alpha value is -3.35. The molecule has 2 aromatic carbocycles. The molecule has 0 saturated carbocycles. The molecule has 0 fully saturated rings. The molecule has 7 heteroatoms. The monoisotopic (exact) mass is 310 g/mol. The summed E-state index contributed by atoms with van der Waals surface area (Å²) in [4.78, 5) is 23.8. The molecule has 2 N–H and O–H groups in total. The molecule has 1 aromatic heterocycles. The number of carbonyl (C=O) groups is 1. The normalized spacial score (nSPS) is 10.3. The summed E-state index contributed by atoms with van der Waals surface area (Å²) < 4.78 is 5.63. The van der Waals surface area contributed by atoms with E-state index in [9.17, 15) is 9.59 Å². The number of benzene rings is 2. The van der Waals surface area contributed by atoms with Crippen molar-refractivity contribution in [2.24, 2.45) is 0 Å². The van der Waals surface area contributed by atoms with Crippen LogP contribution in [-0.4, -0.2) is 15.8 Å². The molecular weight excluding hydrogens is 296 g/mol. The molecule has 0 aliphatic rings. The van der Waals surface area contributed by atoms with Crippen LogP contribution in [0.15, 0.2) is 63.8 Å². The van der Waals surface area contributed by atoms with Gasteiger partial charge in [-0.3, -0.25) is 5.43 Å². The lowest BCUT2D eigenvalue weighted by Gasteiger charge is -2.07. The zero-order valence-corrected chi connectivity index (χ0v) is 12.3. The Balaban J connectivity index is 1.74. The Morgan fingerprint density at radius 2 is 1.78 bits per heavy atom. The topological polar surface area (TPSA) is 89.2 Å². The Morgan fingerprint density at radius 1 is 1.09 bits per heavy atom. The molecule has 0 atom stereocenters. The largest absolute Gasteiger partial charge is 0.446 e. The fourth-order valence-electron chi connectivity index (χ4n) is 1.92. The van der Waals surface area contributed by atoms with Crippen molar-refractivity contribution in [2.75, 3.05) is 5.43 Å². The van der Waals surface area contributed by atoms with Gasteiger partial charge in [-0.25, -0.2) is 15.0 Å². The SMILES string of the molecule is Cc1ccc(NNC(=O)n2nc(-c3ccccc3)oc2=O)cc1. The molecule has 7 nitrogen and oxygen atoms in total. The third-order valence-electron chi connectivity index (χ3n) is 3.13. The van der Waals surface area contributed by atoms with Gasteiger partial charge in [-0.15, -0.1) is 9.78 Å². The molecule has 0 radical (unpaired) electrons. The summed E-state index contributed by atoms with van der Waals surface area (Å²) in [5.74, 6) is -0.770. The van der Waals surface area contributed by atoms with E-state index < -0.39 is 11.8 Å². The highest BCUT2D eigenvalue weighted by Gasteiger charge is 2.15. The van der Waals surface area contributed by atoms with Gasteiger partial charge in [0.1, 0.15) is 0 Å². The molecule has 1 heterocycles. The number of amides is 1. The number of anilines is 1. The molecule has 0 aliphatic heterocycles. The van der Waals surface area contributed by atoms with Crippen molar-refractivity contribution in [1.82, 2.24) is 15.2 Å². The smallest absolute Gasteiger partial charge is 0.387 e. The van der Waals surface area contributed by atoms with Gasteiger partial charge in [-0.05, 0) is 31.2 Å². The first-order valence-corrected chi connectivity index (χ1v) is 6.92. The van der Waals surface area contributed by atoms with E-state index in [0.29, 0.717) is 15.9 Å². The Morgan fingerprint density at radius 3 is 2.48 bits per heavy atom. The van der Waals surface area contributed by atoms with E-state index in [2.05, 4.69) is 16.0 Å². The summed E-state index contributed by atoms with van der Waals surface area (Å²) >= 11 is 0. The van der Waals surface area contributed by atoms with Crippen molar-refractivity contribution in [1.29, 1.82) is 0 Å². The number of rotatable bonds is 3. The van der Waals surface area contributed by atoms with Crippen LogP contribution in [0.4, 0.5) is 10.5 Å². The number of nitrogens with one attached hydrogen (secondary N) is 2. The van der Waals surface area contributed by atoms with Crippen molar-refractivity contribution in [2.45, 2.75) is 6.92 Å². The second-order valence-electron chi connectivity index (χ2n) is 4.87. The Kier molecular flexibility index (Phi) is 3.92. The standard InChI is InChI=1S/C16H14N4O3/c1-11-7-9-13(10-8-11)17-18-15(21)20-16(22)23-14(19-20)12-5-3-2-4-6-12/h2-10,17H,1H3,(H,18,21). The average molecular weight is 310 g/mol. The molecule has 23 heavy (non-hydrogen) atoms. The fraction of sp³-hybridized carbons (Fsp3) is 0.0625. The molecule has 0 saturated heterocycles. The quantitative estimate of drug-likeness (QED) is 0.725. The minimum Gasteiger partial charge on any atom is -0.387 e. The van der Waals surface area contributed by atoms with Gasteiger partial charge in [-0.1, -0.05) is 35.9 Å². The number of hydrogen-bond acceptors (Lipinski definition) is 5. The maximum atomic E-state index is 12.0. The van der Waals surface area contributed by atoms with Crippen LogP contribution in [0.2, 0.25) is 0 Å². The van der Waals surface area contributed by atoms with Crippen LogP contribution >= 0.6 is 0 Å². The summed E-state index contributed by atoms with van der Waals surface area (Å²) in [6.45, 7) is 1.96. The van der Waals surface area contributed by atoms with E-state index in [1.54, 1.807) is 36.4 Å². The van der Waals surface area contributed by atoms with Crippen LogP contribution in [-0.2, 0) is 0 Å².